The SMILES string of the molecule is Fc1ccccc1-c1cc(-c2ccccc2F)c2ccc3c(-c4ccccc4F)cc(-c4ccccc4F)c4ccc1c2c43. The zero-order chi connectivity index (χ0) is 29.9. The molecule has 0 nitrogen and oxygen atoms in total. The second-order valence-corrected chi connectivity index (χ2v) is 10.9. The van der Waals surface area contributed by atoms with E-state index >= 15 is 17.6 Å². The van der Waals surface area contributed by atoms with Gasteiger partial charge in [0.1, 0.15) is 23.3 Å². The molecule has 4 heteroatoms. The standard InChI is InChI=1S/C40H22F4/c41-35-13-5-1-9-23(35)31-21-32(24-10-2-6-14-36(24)42)28-19-20-30-34(26-12-4-8-16-38(26)44)22-33(25-11-3-7-15-37(25)43)29-18-17-27(31)39(28)40(29)30/h1-22H. The molecule has 44 heavy (non-hydrogen) atoms. The van der Waals surface area contributed by atoms with Gasteiger partial charge < -0.3 is 0 Å². The highest BCUT2D eigenvalue weighted by Gasteiger charge is 2.23. The quantitative estimate of drug-likeness (QED) is 0.144. The molecule has 0 bridgehead atoms. The van der Waals surface area contributed by atoms with E-state index in [2.05, 4.69) is 0 Å². The lowest BCUT2D eigenvalue weighted by atomic mass is 9.81. The summed E-state index contributed by atoms with van der Waals surface area (Å²) in [7, 11) is 0. The van der Waals surface area contributed by atoms with Gasteiger partial charge in [0.2, 0.25) is 0 Å². The number of hydrogen-bond acceptors (Lipinski definition) is 0. The number of rotatable bonds is 4. The van der Waals surface area contributed by atoms with Gasteiger partial charge in [0.15, 0.2) is 0 Å². The lowest BCUT2D eigenvalue weighted by Crippen LogP contribution is -1.96. The first-order valence-electron chi connectivity index (χ1n) is 14.3. The fraction of sp³-hybridized carbons (Fsp3) is 0. The van der Waals surface area contributed by atoms with E-state index in [-0.39, 0.29) is 0 Å². The monoisotopic (exact) mass is 578 g/mol. The largest absolute Gasteiger partial charge is 0.206 e. The van der Waals surface area contributed by atoms with Gasteiger partial charge in [0.25, 0.3) is 0 Å². The molecule has 0 radical (unpaired) electrons. The number of hydrogen-bond donors (Lipinski definition) is 0. The van der Waals surface area contributed by atoms with E-state index in [1.165, 1.54) is 24.3 Å². The van der Waals surface area contributed by atoms with E-state index in [1.807, 2.05) is 36.4 Å². The lowest BCUT2D eigenvalue weighted by molar-refractivity contribution is 0.630. The second-order valence-electron chi connectivity index (χ2n) is 10.9. The highest BCUT2D eigenvalue weighted by molar-refractivity contribution is 6.32. The minimum Gasteiger partial charge on any atom is -0.206 e. The smallest absolute Gasteiger partial charge is 0.131 e. The molecule has 0 N–H and O–H groups in total. The topological polar surface area (TPSA) is 0 Å². The third-order valence-electron chi connectivity index (χ3n) is 8.55. The Bertz CT molecular complexity index is 2060. The summed E-state index contributed by atoms with van der Waals surface area (Å²) < 4.78 is 61.7. The van der Waals surface area contributed by atoms with Crippen molar-refractivity contribution < 1.29 is 17.6 Å². The van der Waals surface area contributed by atoms with Crippen LogP contribution in [0.5, 0.6) is 0 Å². The molecule has 0 saturated heterocycles. The summed E-state index contributed by atoms with van der Waals surface area (Å²) in [5.74, 6) is -1.61. The van der Waals surface area contributed by atoms with Crippen LogP contribution < -0.4 is 0 Å². The molecule has 210 valence electrons. The molecule has 0 saturated carbocycles. The van der Waals surface area contributed by atoms with E-state index in [0.717, 1.165) is 32.3 Å². The highest BCUT2D eigenvalue weighted by Crippen LogP contribution is 2.49. The van der Waals surface area contributed by atoms with Gasteiger partial charge in [-0.15, -0.1) is 0 Å². The summed E-state index contributed by atoms with van der Waals surface area (Å²) in [6, 6.07) is 37.4. The maximum atomic E-state index is 15.4. The molecular formula is C40H22F4. The van der Waals surface area contributed by atoms with Crippen molar-refractivity contribution >= 4 is 32.3 Å². The minimum atomic E-state index is -0.402. The molecule has 0 spiro atoms. The fourth-order valence-corrected chi connectivity index (χ4v) is 6.60. The van der Waals surface area contributed by atoms with Gasteiger partial charge in [-0.05, 0) is 91.0 Å². The average molecular weight is 579 g/mol. The summed E-state index contributed by atoms with van der Waals surface area (Å²) in [6.45, 7) is 0. The van der Waals surface area contributed by atoms with E-state index < -0.39 is 23.3 Å². The van der Waals surface area contributed by atoms with Crippen molar-refractivity contribution in [1.82, 2.24) is 0 Å². The zero-order valence-electron chi connectivity index (χ0n) is 23.2. The normalized spacial score (nSPS) is 11.6. The van der Waals surface area contributed by atoms with E-state index in [9.17, 15) is 0 Å². The van der Waals surface area contributed by atoms with Crippen LogP contribution in [0.2, 0.25) is 0 Å². The van der Waals surface area contributed by atoms with Crippen LogP contribution in [0.25, 0.3) is 76.8 Å². The molecule has 0 unspecified atom stereocenters. The lowest BCUT2D eigenvalue weighted by Gasteiger charge is -2.22. The molecule has 8 aromatic carbocycles. The van der Waals surface area contributed by atoms with Gasteiger partial charge in [0.05, 0.1) is 0 Å². The molecule has 0 fully saturated rings. The van der Waals surface area contributed by atoms with Crippen LogP contribution in [0.15, 0.2) is 133 Å². The van der Waals surface area contributed by atoms with Crippen LogP contribution in [0.3, 0.4) is 0 Å². The fourth-order valence-electron chi connectivity index (χ4n) is 6.60. The molecule has 0 aliphatic rings. The third kappa shape index (κ3) is 3.91. The molecule has 0 aliphatic heterocycles. The Labute approximate surface area is 250 Å². The summed E-state index contributed by atoms with van der Waals surface area (Å²) in [5.41, 5.74) is 3.94. The van der Waals surface area contributed by atoms with Crippen molar-refractivity contribution in [2.24, 2.45) is 0 Å². The van der Waals surface area contributed by atoms with Crippen molar-refractivity contribution in [1.29, 1.82) is 0 Å². The van der Waals surface area contributed by atoms with Crippen molar-refractivity contribution in [2.75, 3.05) is 0 Å². The van der Waals surface area contributed by atoms with E-state index in [4.69, 9.17) is 0 Å². The van der Waals surface area contributed by atoms with Crippen LogP contribution in [-0.2, 0) is 0 Å². The van der Waals surface area contributed by atoms with Crippen molar-refractivity contribution in [3.8, 4) is 44.5 Å². The maximum Gasteiger partial charge on any atom is 0.131 e. The first kappa shape index (κ1) is 26.2. The van der Waals surface area contributed by atoms with Gasteiger partial charge in [-0.25, -0.2) is 17.6 Å². The Morgan fingerprint density at radius 2 is 0.477 bits per heavy atom. The average Bonchev–Trinajstić information content (AvgIpc) is 3.04. The van der Waals surface area contributed by atoms with E-state index in [0.29, 0.717) is 44.5 Å². The van der Waals surface area contributed by atoms with Crippen molar-refractivity contribution in [2.45, 2.75) is 0 Å². The summed E-state index contributed by atoms with van der Waals surface area (Å²) >= 11 is 0. The van der Waals surface area contributed by atoms with Crippen LogP contribution in [0.4, 0.5) is 17.6 Å². The molecule has 0 atom stereocenters. The van der Waals surface area contributed by atoms with Gasteiger partial charge in [-0.1, -0.05) is 97.1 Å². The zero-order valence-corrected chi connectivity index (χ0v) is 23.2. The molecule has 8 aromatic rings. The maximum absolute atomic E-state index is 15.4. The predicted molar refractivity (Wildman–Crippen MR) is 172 cm³/mol. The van der Waals surface area contributed by atoms with Crippen molar-refractivity contribution in [3.05, 3.63) is 157 Å². The Kier molecular flexibility index (Phi) is 5.98. The summed E-state index contributed by atoms with van der Waals surface area (Å²) in [6.07, 6.45) is 0. The van der Waals surface area contributed by atoms with Crippen molar-refractivity contribution in [3.63, 3.8) is 0 Å². The van der Waals surface area contributed by atoms with Crippen LogP contribution in [0, 0.1) is 23.3 Å². The van der Waals surface area contributed by atoms with E-state index in [1.54, 1.807) is 72.8 Å². The molecule has 0 amide bonds. The minimum absolute atomic E-state index is 0.381. The summed E-state index contributed by atoms with van der Waals surface area (Å²) in [5, 5.41) is 4.58. The Morgan fingerprint density at radius 1 is 0.250 bits per heavy atom. The van der Waals surface area contributed by atoms with Gasteiger partial charge in [0, 0.05) is 22.3 Å². The Balaban J connectivity index is 1.62. The highest BCUT2D eigenvalue weighted by atomic mass is 19.1. The molecule has 0 aliphatic carbocycles. The second kappa shape index (κ2) is 10.1. The molecule has 0 aromatic heterocycles. The van der Waals surface area contributed by atoms with Crippen LogP contribution >= 0.6 is 0 Å². The summed E-state index contributed by atoms with van der Waals surface area (Å²) in [4.78, 5) is 0. The Hall–Kier alpha value is -5.48. The number of benzene rings is 8. The predicted octanol–water partition coefficient (Wildman–Crippen LogP) is 11.8. The number of halogens is 4. The van der Waals surface area contributed by atoms with Gasteiger partial charge >= 0.3 is 0 Å². The van der Waals surface area contributed by atoms with Gasteiger partial charge in [-0.2, -0.15) is 0 Å². The van der Waals surface area contributed by atoms with Crippen LogP contribution in [0.1, 0.15) is 0 Å². The molecule has 0 heterocycles. The Morgan fingerprint density at radius 3 is 0.705 bits per heavy atom. The van der Waals surface area contributed by atoms with Crippen LogP contribution in [-0.4, -0.2) is 0 Å². The molecule has 8 rings (SSSR count). The first-order valence-corrected chi connectivity index (χ1v) is 14.3. The molecular weight excluding hydrogens is 556 g/mol. The first-order chi connectivity index (χ1) is 21.5. The van der Waals surface area contributed by atoms with Gasteiger partial charge in [-0.3, -0.25) is 0 Å². The third-order valence-corrected chi connectivity index (χ3v) is 8.55.